The fraction of sp³-hybridized carbons (Fsp3) is 0.254. The summed E-state index contributed by atoms with van der Waals surface area (Å²) < 4.78 is 87.6. The summed E-state index contributed by atoms with van der Waals surface area (Å²) in [5, 5.41) is 3.63. The molecule has 2 aliphatic heterocycles. The highest BCUT2D eigenvalue weighted by atomic mass is 79.9. The lowest BCUT2D eigenvalue weighted by atomic mass is 9.97. The number of aldehydes is 1. The summed E-state index contributed by atoms with van der Waals surface area (Å²) in [7, 11) is -2.11. The second-order valence-corrected chi connectivity index (χ2v) is 22.0. The number of halogens is 7. The van der Waals surface area contributed by atoms with Crippen LogP contribution in [0.15, 0.2) is 206 Å². The molecular formula is C63H64BrF6N2O5P. The molecule has 410 valence electrons. The van der Waals surface area contributed by atoms with Gasteiger partial charge in [0, 0.05) is 32.1 Å². The van der Waals surface area contributed by atoms with Crippen molar-refractivity contribution in [2.24, 2.45) is 11.8 Å². The molecule has 0 spiro atoms. The van der Waals surface area contributed by atoms with E-state index in [0.29, 0.717) is 37.9 Å². The number of carbonyl (C=O) groups is 3. The predicted octanol–water partition coefficient (Wildman–Crippen LogP) is 11.8. The van der Waals surface area contributed by atoms with Gasteiger partial charge in [-0.3, -0.25) is 0 Å². The van der Waals surface area contributed by atoms with Crippen LogP contribution in [0, 0.1) is 11.8 Å². The zero-order chi connectivity index (χ0) is 53.8. The summed E-state index contributed by atoms with van der Waals surface area (Å²) in [6.45, 7) is 2.88. The molecule has 9 rings (SSSR count). The van der Waals surface area contributed by atoms with Crippen LogP contribution in [0.1, 0.15) is 66.5 Å². The van der Waals surface area contributed by atoms with E-state index < -0.39 is 30.7 Å². The van der Waals surface area contributed by atoms with Crippen LogP contribution in [0.5, 0.6) is 0 Å². The monoisotopic (exact) mass is 1150 g/mol. The van der Waals surface area contributed by atoms with E-state index in [4.69, 9.17) is 9.47 Å². The van der Waals surface area contributed by atoms with Gasteiger partial charge in [-0.15, -0.1) is 0 Å². The molecule has 0 radical (unpaired) electrons. The van der Waals surface area contributed by atoms with Crippen molar-refractivity contribution in [3.8, 4) is 0 Å². The van der Waals surface area contributed by atoms with Crippen LogP contribution >= 0.6 is 7.26 Å². The SMILES string of the molecule is C.FC(F)(F)c1ccc(C[P+](c2ccccc2)(c2ccccc2)c2ccccc2)cc1.O=C(OCc1ccccc1)N1CCCC(C=Cc2ccc(C(F)(F)F)cc2)C1.O=CC1CCCN(C(=O)OCc2ccccc2)C1.[Br-]. The Kier molecular flexibility index (Phi) is 24.0. The topological polar surface area (TPSA) is 76.2 Å². The van der Waals surface area contributed by atoms with Crippen LogP contribution in [0.25, 0.3) is 6.08 Å². The van der Waals surface area contributed by atoms with Crippen molar-refractivity contribution in [1.29, 1.82) is 0 Å². The van der Waals surface area contributed by atoms with Gasteiger partial charge < -0.3 is 41.0 Å². The van der Waals surface area contributed by atoms with Crippen molar-refractivity contribution in [2.75, 3.05) is 26.2 Å². The first kappa shape index (κ1) is 61.8. The minimum absolute atomic E-state index is 0. The summed E-state index contributed by atoms with van der Waals surface area (Å²) in [5.41, 5.74) is 2.23. The average molecular weight is 1150 g/mol. The molecule has 2 amide bonds. The number of hydrogen-bond acceptors (Lipinski definition) is 5. The molecule has 2 aliphatic rings. The van der Waals surface area contributed by atoms with E-state index in [1.807, 2.05) is 127 Å². The summed E-state index contributed by atoms with van der Waals surface area (Å²) in [6.07, 6.45) is -0.447. The van der Waals surface area contributed by atoms with E-state index >= 15 is 0 Å². The second-order valence-electron chi connectivity index (χ2n) is 18.6. The van der Waals surface area contributed by atoms with Crippen molar-refractivity contribution in [2.45, 2.75) is 64.8 Å². The molecule has 7 nitrogen and oxygen atoms in total. The maximum Gasteiger partial charge on any atom is 0.416 e. The normalized spacial score (nSPS) is 15.4. The molecule has 2 heterocycles. The number of amides is 2. The average Bonchev–Trinajstić information content (AvgIpc) is 3.60. The van der Waals surface area contributed by atoms with Crippen molar-refractivity contribution >= 4 is 47.7 Å². The van der Waals surface area contributed by atoms with Crippen LogP contribution in [-0.2, 0) is 46.0 Å². The third-order valence-electron chi connectivity index (χ3n) is 13.1. The Labute approximate surface area is 465 Å². The molecule has 2 atom stereocenters. The van der Waals surface area contributed by atoms with Crippen molar-refractivity contribution in [3.05, 3.63) is 240 Å². The molecule has 2 unspecified atom stereocenters. The second kappa shape index (κ2) is 30.2. The lowest BCUT2D eigenvalue weighted by molar-refractivity contribution is -0.138. The van der Waals surface area contributed by atoms with Crippen LogP contribution in [0.2, 0.25) is 0 Å². The highest BCUT2D eigenvalue weighted by molar-refractivity contribution is 7.95. The molecule has 2 saturated heterocycles. The zero-order valence-corrected chi connectivity index (χ0v) is 44.7. The van der Waals surface area contributed by atoms with E-state index in [1.165, 1.54) is 40.2 Å². The molecule has 0 bridgehead atoms. The van der Waals surface area contributed by atoms with Crippen LogP contribution < -0.4 is 32.9 Å². The molecular weight excluding hydrogens is 1090 g/mol. The Morgan fingerprint density at radius 3 is 1.24 bits per heavy atom. The first-order chi connectivity index (χ1) is 36.7. The number of rotatable bonds is 12. The Morgan fingerprint density at radius 1 is 0.500 bits per heavy atom. The Hall–Kier alpha value is -7.02. The standard InChI is InChI=1S/C26H21F3P.C22H22F3NO2.C14H17NO3.CH4.BrH/c27-26(28,29)22-18-16-21(17-19-22)20-30(23-10-4-1-5-11-23,24-12-6-2-7-13-24)25-14-8-3-9-15-25;23-22(24,25)20-12-10-17(11-13-20)8-9-18-7-4-14-26(15-18)21(27)28-16-19-5-2-1-3-6-19;16-10-13-7-4-8-15(9-13)14(17)18-11-12-5-2-1-3-6-12;;/h1-19H,20H2;1-3,5-6,8-13,18H,4,7,14-16H2;1-3,5-6,10,13H,4,7-9,11H2;1H4;1H/q+1;;;;/p-1. The van der Waals surface area contributed by atoms with Gasteiger partial charge in [-0.05, 0) is 115 Å². The minimum Gasteiger partial charge on any atom is -1.00 e. The van der Waals surface area contributed by atoms with Crippen LogP contribution in [0.3, 0.4) is 0 Å². The Balaban J connectivity index is 0.000000219. The smallest absolute Gasteiger partial charge is 0.416 e. The molecule has 7 aromatic rings. The number of likely N-dealkylation sites (tertiary alicyclic amines) is 2. The van der Waals surface area contributed by atoms with Gasteiger partial charge in [-0.1, -0.05) is 159 Å². The van der Waals surface area contributed by atoms with Crippen LogP contribution in [-0.4, -0.2) is 54.5 Å². The Morgan fingerprint density at radius 2 is 0.859 bits per heavy atom. The summed E-state index contributed by atoms with van der Waals surface area (Å²) in [4.78, 5) is 38.2. The summed E-state index contributed by atoms with van der Waals surface area (Å²) in [5.74, 6) is 0.114. The molecule has 0 aromatic heterocycles. The number of carbonyl (C=O) groups excluding carboxylic acids is 3. The van der Waals surface area contributed by atoms with E-state index in [2.05, 4.69) is 36.4 Å². The number of alkyl halides is 6. The molecule has 0 N–H and O–H groups in total. The third kappa shape index (κ3) is 18.0. The van der Waals surface area contributed by atoms with Gasteiger partial charge in [0.2, 0.25) is 0 Å². The lowest BCUT2D eigenvalue weighted by Crippen LogP contribution is -3.00. The van der Waals surface area contributed by atoms with E-state index in [-0.39, 0.29) is 61.6 Å². The van der Waals surface area contributed by atoms with Gasteiger partial charge in [0.25, 0.3) is 0 Å². The van der Waals surface area contributed by atoms with Gasteiger partial charge in [0.1, 0.15) is 42.7 Å². The molecule has 78 heavy (non-hydrogen) atoms. The van der Waals surface area contributed by atoms with Gasteiger partial charge >= 0.3 is 24.5 Å². The fourth-order valence-electron chi connectivity index (χ4n) is 9.11. The molecule has 2 fully saturated rings. The van der Waals surface area contributed by atoms with Gasteiger partial charge in [-0.25, -0.2) is 9.59 Å². The first-order valence-corrected chi connectivity index (χ1v) is 27.1. The molecule has 7 aromatic carbocycles. The number of ether oxygens (including phenoxy) is 2. The minimum atomic E-state index is -4.33. The van der Waals surface area contributed by atoms with Crippen molar-refractivity contribution < 1.29 is 67.2 Å². The number of benzene rings is 7. The van der Waals surface area contributed by atoms with Crippen molar-refractivity contribution in [3.63, 3.8) is 0 Å². The van der Waals surface area contributed by atoms with E-state index in [0.717, 1.165) is 60.8 Å². The zero-order valence-electron chi connectivity index (χ0n) is 42.2. The van der Waals surface area contributed by atoms with E-state index in [9.17, 15) is 40.7 Å². The van der Waals surface area contributed by atoms with Gasteiger partial charge in [0.15, 0.2) is 0 Å². The molecule has 15 heteroatoms. The highest BCUT2D eigenvalue weighted by Gasteiger charge is 2.45. The maximum absolute atomic E-state index is 13.1. The summed E-state index contributed by atoms with van der Waals surface area (Å²) in [6, 6.07) is 60.7. The Bertz CT molecular complexity index is 2810. The molecule has 0 saturated carbocycles. The van der Waals surface area contributed by atoms with E-state index in [1.54, 1.807) is 21.9 Å². The third-order valence-corrected chi connectivity index (χ3v) is 17.5. The molecule has 0 aliphatic carbocycles. The van der Waals surface area contributed by atoms with Gasteiger partial charge in [-0.2, -0.15) is 26.3 Å². The van der Waals surface area contributed by atoms with Crippen LogP contribution in [0.4, 0.5) is 35.9 Å². The highest BCUT2D eigenvalue weighted by Crippen LogP contribution is 2.58. The predicted molar refractivity (Wildman–Crippen MR) is 295 cm³/mol. The summed E-state index contributed by atoms with van der Waals surface area (Å²) >= 11 is 0. The number of piperidine rings is 2. The number of hydrogen-bond donors (Lipinski definition) is 0. The fourth-order valence-corrected chi connectivity index (χ4v) is 13.4. The maximum atomic E-state index is 13.1. The largest absolute Gasteiger partial charge is 1.00 e. The van der Waals surface area contributed by atoms with Gasteiger partial charge in [0.05, 0.1) is 17.3 Å². The lowest BCUT2D eigenvalue weighted by Gasteiger charge is -2.30. The van der Waals surface area contributed by atoms with Crippen molar-refractivity contribution in [1.82, 2.24) is 9.80 Å². The number of nitrogens with zero attached hydrogens (tertiary/aromatic N) is 2. The quantitative estimate of drug-likeness (QED) is 0.0692. The first-order valence-electron chi connectivity index (χ1n) is 25.1.